The molecule has 0 radical (unpaired) electrons. The van der Waals surface area contributed by atoms with Crippen LogP contribution in [0.4, 0.5) is 0 Å². The van der Waals surface area contributed by atoms with Gasteiger partial charge in [0, 0.05) is 5.71 Å². The van der Waals surface area contributed by atoms with Gasteiger partial charge in [0.05, 0.1) is 16.8 Å². The third-order valence-corrected chi connectivity index (χ3v) is 3.37. The minimum absolute atomic E-state index is 0.0617. The lowest BCUT2D eigenvalue weighted by atomic mass is 10.0. The molecule has 0 aliphatic rings. The van der Waals surface area contributed by atoms with Gasteiger partial charge in [-0.05, 0) is 20.8 Å². The van der Waals surface area contributed by atoms with Gasteiger partial charge in [0.2, 0.25) is 0 Å². The molecular formula is C12H13N3O3S. The van der Waals surface area contributed by atoms with Crippen LogP contribution in [0.5, 0.6) is 0 Å². The quantitative estimate of drug-likeness (QED) is 0.652. The molecule has 7 heteroatoms. The number of nitriles is 1. The summed E-state index contributed by atoms with van der Waals surface area (Å²) in [5, 5.41) is 16.8. The van der Waals surface area contributed by atoms with E-state index in [2.05, 4.69) is 4.98 Å². The zero-order valence-corrected chi connectivity index (χ0v) is 11.6. The van der Waals surface area contributed by atoms with Gasteiger partial charge >= 0.3 is 5.97 Å². The van der Waals surface area contributed by atoms with Crippen molar-refractivity contribution < 1.29 is 14.3 Å². The molecule has 1 rings (SSSR count). The highest BCUT2D eigenvalue weighted by Crippen LogP contribution is 2.18. The van der Waals surface area contributed by atoms with Gasteiger partial charge in [-0.1, -0.05) is 0 Å². The van der Waals surface area contributed by atoms with Crippen LogP contribution in [0.15, 0.2) is 0 Å². The molecule has 6 nitrogen and oxygen atoms in total. The number of aromatic nitrogens is 1. The minimum Gasteiger partial charge on any atom is -0.453 e. The fraction of sp³-hybridized carbons (Fsp3) is 0.417. The van der Waals surface area contributed by atoms with Crippen LogP contribution in [0.2, 0.25) is 0 Å². The van der Waals surface area contributed by atoms with Crippen LogP contribution in [0.3, 0.4) is 0 Å². The predicted octanol–water partition coefficient (Wildman–Crippen LogP) is 1.67. The molecule has 0 unspecified atom stereocenters. The van der Waals surface area contributed by atoms with Crippen molar-refractivity contribution in [3.8, 4) is 6.07 Å². The number of nitrogens with one attached hydrogen (secondary N) is 1. The Kier molecular flexibility index (Phi) is 4.89. The zero-order chi connectivity index (χ0) is 14.6. The van der Waals surface area contributed by atoms with Gasteiger partial charge in [-0.3, -0.25) is 4.79 Å². The molecule has 0 saturated heterocycles. The fourth-order valence-electron chi connectivity index (χ4n) is 1.42. The molecule has 0 saturated carbocycles. The van der Waals surface area contributed by atoms with E-state index < -0.39 is 24.3 Å². The normalized spacial score (nSPS) is 11.5. The number of Topliss-reactive ketones (excluding diaryl/α,β-unsaturated/α-hetero) is 1. The summed E-state index contributed by atoms with van der Waals surface area (Å²) in [6.07, 6.45) is 0. The lowest BCUT2D eigenvalue weighted by Crippen LogP contribution is -2.25. The second-order valence-corrected chi connectivity index (χ2v) is 5.14. The van der Waals surface area contributed by atoms with Crippen molar-refractivity contribution in [1.29, 1.82) is 10.7 Å². The highest BCUT2D eigenvalue weighted by Gasteiger charge is 2.23. The number of carbonyl (C=O) groups is 2. The van der Waals surface area contributed by atoms with Crippen LogP contribution in [0, 0.1) is 36.5 Å². The Labute approximate surface area is 114 Å². The minimum atomic E-state index is -1.16. The molecule has 0 fully saturated rings. The van der Waals surface area contributed by atoms with Crippen LogP contribution in [-0.2, 0) is 9.53 Å². The summed E-state index contributed by atoms with van der Waals surface area (Å²) in [6, 6.07) is 1.71. The van der Waals surface area contributed by atoms with Gasteiger partial charge in [-0.15, -0.1) is 11.3 Å². The molecule has 1 aromatic heterocycles. The largest absolute Gasteiger partial charge is 0.453 e. The molecule has 1 atom stereocenters. The topological polar surface area (TPSA) is 104 Å². The third kappa shape index (κ3) is 3.69. The van der Waals surface area contributed by atoms with Crippen molar-refractivity contribution in [3.05, 3.63) is 15.6 Å². The first kappa shape index (κ1) is 15.0. The van der Waals surface area contributed by atoms with Crippen molar-refractivity contribution in [2.45, 2.75) is 20.8 Å². The van der Waals surface area contributed by atoms with Crippen molar-refractivity contribution in [1.82, 2.24) is 4.98 Å². The summed E-state index contributed by atoms with van der Waals surface area (Å²) in [5.41, 5.74) is 0.494. The van der Waals surface area contributed by atoms with Gasteiger partial charge in [0.25, 0.3) is 0 Å². The molecule has 0 aromatic carbocycles. The molecule has 1 N–H and O–H groups in total. The average Bonchev–Trinajstić information content (AvgIpc) is 2.66. The van der Waals surface area contributed by atoms with Crippen molar-refractivity contribution >= 4 is 28.8 Å². The Morgan fingerprint density at radius 2 is 2.16 bits per heavy atom. The second kappa shape index (κ2) is 6.20. The standard InChI is InChI=1S/C12H13N3O3S/c1-6(14)9(4-13)10(16)5-18-12(17)11-7(2)15-8(3)19-11/h9,14H,5H2,1-3H3/t9-/m1/s1. The first-order chi connectivity index (χ1) is 8.86. The van der Waals surface area contributed by atoms with Crippen LogP contribution < -0.4 is 0 Å². The number of esters is 1. The lowest BCUT2D eigenvalue weighted by molar-refractivity contribution is -0.122. The van der Waals surface area contributed by atoms with Gasteiger partial charge in [0.1, 0.15) is 10.8 Å². The summed E-state index contributed by atoms with van der Waals surface area (Å²) in [7, 11) is 0. The maximum absolute atomic E-state index is 11.7. The Morgan fingerprint density at radius 3 is 2.58 bits per heavy atom. The first-order valence-electron chi connectivity index (χ1n) is 5.45. The summed E-state index contributed by atoms with van der Waals surface area (Å²) < 4.78 is 4.85. The molecule has 0 aliphatic carbocycles. The number of ketones is 1. The molecule has 0 aliphatic heterocycles. The van der Waals surface area contributed by atoms with E-state index in [-0.39, 0.29) is 5.71 Å². The summed E-state index contributed by atoms with van der Waals surface area (Å²) in [6.45, 7) is 4.30. The Hall–Kier alpha value is -2.07. The number of hydrogen-bond donors (Lipinski definition) is 1. The summed E-state index contributed by atoms with van der Waals surface area (Å²) >= 11 is 1.19. The highest BCUT2D eigenvalue weighted by molar-refractivity contribution is 7.13. The SMILES string of the molecule is CC(=N)[C@@H](C#N)C(=O)COC(=O)c1sc(C)nc1C. The maximum atomic E-state index is 11.7. The maximum Gasteiger partial charge on any atom is 0.350 e. The number of rotatable bonds is 5. The number of ether oxygens (including phenoxy) is 1. The van der Waals surface area contributed by atoms with Crippen molar-refractivity contribution in [2.75, 3.05) is 6.61 Å². The van der Waals surface area contributed by atoms with Crippen LogP contribution in [-0.4, -0.2) is 29.1 Å². The highest BCUT2D eigenvalue weighted by atomic mass is 32.1. The van der Waals surface area contributed by atoms with Gasteiger partial charge in [-0.2, -0.15) is 5.26 Å². The van der Waals surface area contributed by atoms with Gasteiger partial charge in [-0.25, -0.2) is 9.78 Å². The molecular weight excluding hydrogens is 266 g/mol. The molecule has 0 bridgehead atoms. The second-order valence-electron chi connectivity index (χ2n) is 3.93. The van der Waals surface area contributed by atoms with E-state index >= 15 is 0 Å². The number of aryl methyl sites for hydroxylation is 2. The lowest BCUT2D eigenvalue weighted by Gasteiger charge is -2.06. The summed E-state index contributed by atoms with van der Waals surface area (Å²) in [4.78, 5) is 27.7. The van der Waals surface area contributed by atoms with E-state index in [1.165, 1.54) is 18.3 Å². The molecule has 0 amide bonds. The van der Waals surface area contributed by atoms with Crippen molar-refractivity contribution in [2.24, 2.45) is 5.92 Å². The Morgan fingerprint density at radius 1 is 1.53 bits per heavy atom. The Balaban J connectivity index is 2.65. The average molecular weight is 279 g/mol. The van der Waals surface area contributed by atoms with Crippen molar-refractivity contribution in [3.63, 3.8) is 0 Å². The van der Waals surface area contributed by atoms with Crippen LogP contribution in [0.25, 0.3) is 0 Å². The van der Waals surface area contributed by atoms with Crippen LogP contribution >= 0.6 is 11.3 Å². The molecule has 1 heterocycles. The zero-order valence-electron chi connectivity index (χ0n) is 10.8. The molecule has 100 valence electrons. The monoisotopic (exact) mass is 279 g/mol. The van der Waals surface area contributed by atoms with E-state index in [9.17, 15) is 9.59 Å². The number of hydrogen-bond acceptors (Lipinski definition) is 7. The number of nitrogens with zero attached hydrogens (tertiary/aromatic N) is 2. The predicted molar refractivity (Wildman–Crippen MR) is 69.4 cm³/mol. The number of thiazole rings is 1. The van der Waals surface area contributed by atoms with E-state index in [1.54, 1.807) is 19.9 Å². The van der Waals surface area contributed by atoms with E-state index in [0.29, 0.717) is 10.6 Å². The van der Waals surface area contributed by atoms with E-state index in [1.807, 2.05) is 0 Å². The Bertz CT molecular complexity index is 571. The molecule has 1 aromatic rings. The first-order valence-corrected chi connectivity index (χ1v) is 6.27. The molecule has 0 spiro atoms. The third-order valence-electron chi connectivity index (χ3n) is 2.32. The summed E-state index contributed by atoms with van der Waals surface area (Å²) in [5.74, 6) is -2.38. The van der Waals surface area contributed by atoms with Gasteiger partial charge < -0.3 is 10.1 Å². The van der Waals surface area contributed by atoms with E-state index in [4.69, 9.17) is 15.4 Å². The van der Waals surface area contributed by atoms with Gasteiger partial charge in [0.15, 0.2) is 12.4 Å². The van der Waals surface area contributed by atoms with E-state index in [0.717, 1.165) is 5.01 Å². The van der Waals surface area contributed by atoms with Crippen LogP contribution in [0.1, 0.15) is 27.3 Å². The fourth-order valence-corrected chi connectivity index (χ4v) is 2.23. The smallest absolute Gasteiger partial charge is 0.350 e. The molecule has 19 heavy (non-hydrogen) atoms. The number of carbonyl (C=O) groups excluding carboxylic acids is 2.